The molecule has 0 unspecified atom stereocenters. The van der Waals surface area contributed by atoms with Crippen molar-refractivity contribution in [2.45, 2.75) is 39.7 Å². The van der Waals surface area contributed by atoms with Crippen molar-refractivity contribution in [2.24, 2.45) is 0 Å². The number of benzene rings is 2. The number of ether oxygens (including phenoxy) is 2. The molecule has 0 aliphatic heterocycles. The number of hydrogen-bond donors (Lipinski definition) is 0. The van der Waals surface area contributed by atoms with Crippen molar-refractivity contribution < 1.29 is 9.47 Å². The van der Waals surface area contributed by atoms with Gasteiger partial charge in [-0.15, -0.1) is 0 Å². The van der Waals surface area contributed by atoms with E-state index in [9.17, 15) is 0 Å². The normalized spacial score (nSPS) is 10.8. The highest BCUT2D eigenvalue weighted by molar-refractivity contribution is 5.78. The summed E-state index contributed by atoms with van der Waals surface area (Å²) in [5.74, 6) is 1.69. The Bertz CT molecular complexity index is 829. The highest BCUT2D eigenvalue weighted by Crippen LogP contribution is 2.24. The van der Waals surface area contributed by atoms with Gasteiger partial charge in [0.05, 0.1) is 17.8 Å². The number of aromatic nitrogens is 1. The molecule has 0 bridgehead atoms. The van der Waals surface area contributed by atoms with Crippen LogP contribution in [0.1, 0.15) is 37.4 Å². The zero-order valence-corrected chi connectivity index (χ0v) is 15.0. The third kappa shape index (κ3) is 4.96. The summed E-state index contributed by atoms with van der Waals surface area (Å²) in [5.41, 5.74) is 3.05. The highest BCUT2D eigenvalue weighted by Gasteiger charge is 2.03. The summed E-state index contributed by atoms with van der Waals surface area (Å²) in [4.78, 5) is 4.65. The van der Waals surface area contributed by atoms with Gasteiger partial charge < -0.3 is 9.47 Å². The molecule has 0 aliphatic carbocycles. The second kappa shape index (κ2) is 8.52. The predicted octanol–water partition coefficient (Wildman–Crippen LogP) is 5.69. The van der Waals surface area contributed by atoms with Gasteiger partial charge in [-0.1, -0.05) is 44.0 Å². The van der Waals surface area contributed by atoms with Crippen molar-refractivity contribution in [1.82, 2.24) is 4.98 Å². The molecule has 3 aromatic rings. The fraction of sp³-hybridized carbons (Fsp3) is 0.318. The van der Waals surface area contributed by atoms with E-state index in [2.05, 4.69) is 31.0 Å². The van der Waals surface area contributed by atoms with Crippen LogP contribution in [0.5, 0.6) is 11.5 Å². The van der Waals surface area contributed by atoms with E-state index in [-0.39, 0.29) is 0 Å². The second-order valence-corrected chi connectivity index (χ2v) is 6.32. The van der Waals surface area contributed by atoms with Crippen molar-refractivity contribution in [3.63, 3.8) is 0 Å². The van der Waals surface area contributed by atoms with Gasteiger partial charge in [0, 0.05) is 11.5 Å². The van der Waals surface area contributed by atoms with E-state index in [0.717, 1.165) is 46.7 Å². The molecule has 0 spiro atoms. The molecule has 0 saturated heterocycles. The lowest BCUT2D eigenvalue weighted by Gasteiger charge is -2.11. The Kier molecular flexibility index (Phi) is 5.89. The maximum Gasteiger partial charge on any atom is 0.130 e. The van der Waals surface area contributed by atoms with Gasteiger partial charge in [-0.2, -0.15) is 0 Å². The van der Waals surface area contributed by atoms with Crippen molar-refractivity contribution in [3.05, 3.63) is 65.9 Å². The van der Waals surface area contributed by atoms with E-state index in [4.69, 9.17) is 9.47 Å². The van der Waals surface area contributed by atoms with E-state index in [0.29, 0.717) is 6.61 Å². The standard InChI is InChI=1S/C22H25NO2/c1-3-4-7-12-24-20-13-17(2)14-21(15-20)25-16-19-11-10-18-8-5-6-9-22(18)23-19/h5-6,8-11,13-15H,3-4,7,12,16H2,1-2H3. The number of nitrogens with zero attached hydrogens (tertiary/aromatic N) is 1. The number of fused-ring (bicyclic) bond motifs is 1. The maximum absolute atomic E-state index is 5.95. The lowest BCUT2D eigenvalue weighted by atomic mass is 10.2. The van der Waals surface area contributed by atoms with E-state index in [1.54, 1.807) is 0 Å². The molecule has 25 heavy (non-hydrogen) atoms. The quantitative estimate of drug-likeness (QED) is 0.495. The lowest BCUT2D eigenvalue weighted by Crippen LogP contribution is -2.00. The SMILES string of the molecule is CCCCCOc1cc(C)cc(OCc2ccc3ccccc3n2)c1. The number of hydrogen-bond acceptors (Lipinski definition) is 3. The van der Waals surface area contributed by atoms with Crippen LogP contribution in [0.3, 0.4) is 0 Å². The summed E-state index contributed by atoms with van der Waals surface area (Å²) in [6.07, 6.45) is 3.48. The molecule has 0 atom stereocenters. The molecule has 130 valence electrons. The molecular formula is C22H25NO2. The largest absolute Gasteiger partial charge is 0.493 e. The third-order valence-electron chi connectivity index (χ3n) is 4.08. The average molecular weight is 335 g/mol. The summed E-state index contributed by atoms with van der Waals surface area (Å²) in [6.45, 7) is 5.45. The van der Waals surface area contributed by atoms with Gasteiger partial charge in [0.15, 0.2) is 0 Å². The first-order valence-electron chi connectivity index (χ1n) is 8.96. The van der Waals surface area contributed by atoms with Gasteiger partial charge in [0.25, 0.3) is 0 Å². The second-order valence-electron chi connectivity index (χ2n) is 6.32. The van der Waals surface area contributed by atoms with Crippen LogP contribution in [0.15, 0.2) is 54.6 Å². The Balaban J connectivity index is 1.64. The predicted molar refractivity (Wildman–Crippen MR) is 102 cm³/mol. The van der Waals surface area contributed by atoms with E-state index in [1.165, 1.54) is 12.8 Å². The first-order valence-corrected chi connectivity index (χ1v) is 8.96. The van der Waals surface area contributed by atoms with Gasteiger partial charge in [-0.05, 0) is 43.2 Å². The Morgan fingerprint density at radius 2 is 1.68 bits per heavy atom. The fourth-order valence-electron chi connectivity index (χ4n) is 2.77. The minimum atomic E-state index is 0.448. The Morgan fingerprint density at radius 1 is 0.880 bits per heavy atom. The summed E-state index contributed by atoms with van der Waals surface area (Å²) in [5, 5.41) is 1.14. The van der Waals surface area contributed by atoms with Crippen LogP contribution in [0.4, 0.5) is 0 Å². The van der Waals surface area contributed by atoms with Gasteiger partial charge in [-0.3, -0.25) is 0 Å². The molecule has 0 saturated carbocycles. The molecule has 0 amide bonds. The summed E-state index contributed by atoms with van der Waals surface area (Å²) < 4.78 is 11.8. The Labute approximate surface area is 149 Å². The van der Waals surface area contributed by atoms with Crippen LogP contribution < -0.4 is 9.47 Å². The highest BCUT2D eigenvalue weighted by atomic mass is 16.5. The molecule has 0 fully saturated rings. The van der Waals surface area contributed by atoms with Crippen molar-refractivity contribution in [3.8, 4) is 11.5 Å². The van der Waals surface area contributed by atoms with E-state index >= 15 is 0 Å². The molecule has 3 rings (SSSR count). The smallest absolute Gasteiger partial charge is 0.130 e. The van der Waals surface area contributed by atoms with Crippen LogP contribution in [0.2, 0.25) is 0 Å². The van der Waals surface area contributed by atoms with Gasteiger partial charge >= 0.3 is 0 Å². The molecule has 0 N–H and O–H groups in total. The molecule has 3 nitrogen and oxygen atoms in total. The Hall–Kier alpha value is -2.55. The van der Waals surface area contributed by atoms with Gasteiger partial charge in [0.2, 0.25) is 0 Å². The molecular weight excluding hydrogens is 310 g/mol. The van der Waals surface area contributed by atoms with E-state index in [1.807, 2.05) is 42.5 Å². The van der Waals surface area contributed by atoms with Crippen molar-refractivity contribution in [2.75, 3.05) is 6.61 Å². The monoisotopic (exact) mass is 335 g/mol. The number of unbranched alkanes of at least 4 members (excludes halogenated alkanes) is 2. The minimum absolute atomic E-state index is 0.448. The molecule has 1 aromatic heterocycles. The molecule has 0 aliphatic rings. The lowest BCUT2D eigenvalue weighted by molar-refractivity contribution is 0.288. The zero-order chi connectivity index (χ0) is 17.5. The van der Waals surface area contributed by atoms with Crippen molar-refractivity contribution >= 4 is 10.9 Å². The fourth-order valence-corrected chi connectivity index (χ4v) is 2.77. The average Bonchev–Trinajstić information content (AvgIpc) is 2.63. The van der Waals surface area contributed by atoms with Gasteiger partial charge in [0.1, 0.15) is 18.1 Å². The summed E-state index contributed by atoms with van der Waals surface area (Å²) >= 11 is 0. The van der Waals surface area contributed by atoms with E-state index < -0.39 is 0 Å². The van der Waals surface area contributed by atoms with Crippen LogP contribution in [-0.4, -0.2) is 11.6 Å². The molecule has 2 aromatic carbocycles. The first-order chi connectivity index (χ1) is 12.2. The molecule has 3 heteroatoms. The number of para-hydroxylation sites is 1. The summed E-state index contributed by atoms with van der Waals surface area (Å²) in [7, 11) is 0. The topological polar surface area (TPSA) is 31.4 Å². The molecule has 1 heterocycles. The minimum Gasteiger partial charge on any atom is -0.493 e. The van der Waals surface area contributed by atoms with Crippen molar-refractivity contribution in [1.29, 1.82) is 0 Å². The third-order valence-corrected chi connectivity index (χ3v) is 4.08. The zero-order valence-electron chi connectivity index (χ0n) is 15.0. The maximum atomic E-state index is 5.95. The summed E-state index contributed by atoms with van der Waals surface area (Å²) in [6, 6.07) is 18.2. The first kappa shape index (κ1) is 17.3. The Morgan fingerprint density at radius 3 is 2.52 bits per heavy atom. The number of aryl methyl sites for hydroxylation is 1. The number of rotatable bonds is 8. The number of pyridine rings is 1. The van der Waals surface area contributed by atoms with Crippen LogP contribution in [0.25, 0.3) is 10.9 Å². The van der Waals surface area contributed by atoms with Crippen LogP contribution in [-0.2, 0) is 6.61 Å². The van der Waals surface area contributed by atoms with Crippen LogP contribution in [0, 0.1) is 6.92 Å². The molecule has 0 radical (unpaired) electrons. The van der Waals surface area contributed by atoms with Gasteiger partial charge in [-0.25, -0.2) is 4.98 Å². The van der Waals surface area contributed by atoms with Crippen LogP contribution >= 0.6 is 0 Å².